The number of hydrogen-bond donors (Lipinski definition) is 1. The number of amides is 4. The quantitative estimate of drug-likeness (QED) is 0.817. The van der Waals surface area contributed by atoms with E-state index in [1.165, 1.54) is 11.0 Å². The van der Waals surface area contributed by atoms with Crippen LogP contribution in [0.3, 0.4) is 0 Å². The molecule has 0 aromatic heterocycles. The molecule has 0 bridgehead atoms. The molecule has 3 rings (SSSR count). The number of rotatable bonds is 4. The van der Waals surface area contributed by atoms with E-state index in [1.807, 2.05) is 4.90 Å². The molecule has 0 radical (unpaired) electrons. The molecule has 2 fully saturated rings. The number of halogens is 1. The highest BCUT2D eigenvalue weighted by Gasteiger charge is 2.28. The van der Waals surface area contributed by atoms with Crippen LogP contribution in [0, 0.1) is 5.82 Å². The van der Waals surface area contributed by atoms with E-state index in [-0.39, 0.29) is 49.6 Å². The summed E-state index contributed by atoms with van der Waals surface area (Å²) in [7, 11) is 0. The summed E-state index contributed by atoms with van der Waals surface area (Å²) in [6, 6.07) is 6.37. The maximum Gasteiger partial charge on any atom is 0.317 e. The molecular weight excluding hydrogens is 327 g/mol. The van der Waals surface area contributed by atoms with Crippen LogP contribution in [0.1, 0.15) is 12.8 Å². The normalized spacial score (nSPS) is 18.0. The summed E-state index contributed by atoms with van der Waals surface area (Å²) in [4.78, 5) is 40.0. The molecule has 0 atom stereocenters. The van der Waals surface area contributed by atoms with Gasteiger partial charge in [0.1, 0.15) is 5.82 Å². The molecule has 2 aliphatic heterocycles. The van der Waals surface area contributed by atoms with Crippen LogP contribution in [-0.2, 0) is 9.59 Å². The molecule has 1 aromatic rings. The van der Waals surface area contributed by atoms with Crippen molar-refractivity contribution >= 4 is 23.5 Å². The van der Waals surface area contributed by atoms with Gasteiger partial charge in [-0.2, -0.15) is 0 Å². The van der Waals surface area contributed by atoms with E-state index in [9.17, 15) is 18.8 Å². The van der Waals surface area contributed by atoms with Crippen molar-refractivity contribution in [3.05, 3.63) is 30.1 Å². The Morgan fingerprint density at radius 2 is 1.68 bits per heavy atom. The van der Waals surface area contributed by atoms with Crippen molar-refractivity contribution in [1.82, 2.24) is 15.1 Å². The van der Waals surface area contributed by atoms with Crippen molar-refractivity contribution in [2.75, 3.05) is 44.2 Å². The van der Waals surface area contributed by atoms with Gasteiger partial charge >= 0.3 is 6.03 Å². The van der Waals surface area contributed by atoms with Gasteiger partial charge in [-0.1, -0.05) is 12.1 Å². The highest BCUT2D eigenvalue weighted by molar-refractivity contribution is 6.01. The van der Waals surface area contributed by atoms with Crippen LogP contribution in [0.2, 0.25) is 0 Å². The fourth-order valence-electron chi connectivity index (χ4n) is 3.12. The molecule has 1 aromatic carbocycles. The molecule has 2 heterocycles. The first-order valence-corrected chi connectivity index (χ1v) is 8.41. The van der Waals surface area contributed by atoms with Gasteiger partial charge in [-0.15, -0.1) is 0 Å². The van der Waals surface area contributed by atoms with E-state index in [2.05, 4.69) is 5.32 Å². The standard InChI is InChI=1S/C17H21FN4O3/c18-13-3-1-2-4-14(13)20-9-11-21(12-10-20)17(25)19-7-8-22-15(23)5-6-16(22)24/h1-4H,5-12H2,(H,19,25). The van der Waals surface area contributed by atoms with Gasteiger partial charge in [0, 0.05) is 52.1 Å². The molecule has 134 valence electrons. The largest absolute Gasteiger partial charge is 0.366 e. The van der Waals surface area contributed by atoms with E-state index in [0.717, 1.165) is 0 Å². The van der Waals surface area contributed by atoms with Crippen LogP contribution >= 0.6 is 0 Å². The SMILES string of the molecule is O=C(NCCN1C(=O)CCC1=O)N1CCN(c2ccccc2F)CC1. The van der Waals surface area contributed by atoms with Gasteiger partial charge in [0.25, 0.3) is 0 Å². The average molecular weight is 348 g/mol. The fraction of sp³-hybridized carbons (Fsp3) is 0.471. The zero-order valence-electron chi connectivity index (χ0n) is 13.9. The number of imide groups is 1. The maximum atomic E-state index is 13.8. The van der Waals surface area contributed by atoms with E-state index >= 15 is 0 Å². The summed E-state index contributed by atoms with van der Waals surface area (Å²) in [5, 5.41) is 2.73. The molecule has 7 nitrogen and oxygen atoms in total. The third-order valence-corrected chi connectivity index (χ3v) is 4.53. The first-order valence-electron chi connectivity index (χ1n) is 8.41. The number of hydrogen-bond acceptors (Lipinski definition) is 4. The highest BCUT2D eigenvalue weighted by atomic mass is 19.1. The van der Waals surface area contributed by atoms with Crippen LogP contribution in [-0.4, -0.2) is 66.9 Å². The number of nitrogens with zero attached hydrogens (tertiary/aromatic N) is 3. The van der Waals surface area contributed by atoms with Gasteiger partial charge < -0.3 is 15.1 Å². The number of nitrogens with one attached hydrogen (secondary N) is 1. The summed E-state index contributed by atoms with van der Waals surface area (Å²) >= 11 is 0. The predicted octanol–water partition coefficient (Wildman–Crippen LogP) is 0.806. The molecule has 1 N–H and O–H groups in total. The van der Waals surface area contributed by atoms with Crippen molar-refractivity contribution in [3.63, 3.8) is 0 Å². The lowest BCUT2D eigenvalue weighted by atomic mass is 10.2. The topological polar surface area (TPSA) is 73.0 Å². The molecule has 8 heteroatoms. The Kier molecular flexibility index (Phi) is 5.16. The van der Waals surface area contributed by atoms with Crippen molar-refractivity contribution in [3.8, 4) is 0 Å². The van der Waals surface area contributed by atoms with Gasteiger partial charge in [0.2, 0.25) is 11.8 Å². The third-order valence-electron chi connectivity index (χ3n) is 4.53. The van der Waals surface area contributed by atoms with Gasteiger partial charge in [-0.3, -0.25) is 14.5 Å². The van der Waals surface area contributed by atoms with Crippen LogP contribution in [0.25, 0.3) is 0 Å². The highest BCUT2D eigenvalue weighted by Crippen LogP contribution is 2.20. The van der Waals surface area contributed by atoms with Crippen LogP contribution < -0.4 is 10.2 Å². The molecule has 2 aliphatic rings. The minimum absolute atomic E-state index is 0.183. The Morgan fingerprint density at radius 1 is 1.04 bits per heavy atom. The Hall–Kier alpha value is -2.64. The second-order valence-electron chi connectivity index (χ2n) is 6.10. The number of carbonyl (C=O) groups is 3. The number of piperazine rings is 1. The van der Waals surface area contributed by atoms with Crippen molar-refractivity contribution in [2.45, 2.75) is 12.8 Å². The fourth-order valence-corrected chi connectivity index (χ4v) is 3.12. The van der Waals surface area contributed by atoms with E-state index < -0.39 is 0 Å². The number of anilines is 1. The summed E-state index contributed by atoms with van der Waals surface area (Å²) in [6.45, 7) is 2.53. The number of benzene rings is 1. The molecule has 0 unspecified atom stereocenters. The number of para-hydroxylation sites is 1. The zero-order valence-corrected chi connectivity index (χ0v) is 13.9. The third kappa shape index (κ3) is 3.89. The first kappa shape index (κ1) is 17.2. The van der Waals surface area contributed by atoms with Gasteiger partial charge in [-0.25, -0.2) is 9.18 Å². The number of urea groups is 1. The Morgan fingerprint density at radius 3 is 2.32 bits per heavy atom. The second-order valence-corrected chi connectivity index (χ2v) is 6.10. The average Bonchev–Trinajstić information content (AvgIpc) is 2.94. The Labute approximate surface area is 145 Å². The van der Waals surface area contributed by atoms with E-state index in [0.29, 0.717) is 31.9 Å². The molecular formula is C17H21FN4O3. The molecule has 0 saturated carbocycles. The Bertz CT molecular complexity index is 658. The predicted molar refractivity (Wildman–Crippen MR) is 89.5 cm³/mol. The van der Waals surface area contributed by atoms with Crippen molar-refractivity contribution in [1.29, 1.82) is 0 Å². The second kappa shape index (κ2) is 7.50. The summed E-state index contributed by atoms with van der Waals surface area (Å²) in [5.74, 6) is -0.629. The minimum atomic E-state index is -0.264. The van der Waals surface area contributed by atoms with E-state index in [4.69, 9.17) is 0 Å². The summed E-state index contributed by atoms with van der Waals surface area (Å²) in [6.07, 6.45) is 0.509. The minimum Gasteiger partial charge on any atom is -0.366 e. The molecule has 0 aliphatic carbocycles. The molecule has 2 saturated heterocycles. The smallest absolute Gasteiger partial charge is 0.317 e. The van der Waals surface area contributed by atoms with Crippen LogP contribution in [0.5, 0.6) is 0 Å². The molecule has 0 spiro atoms. The maximum absolute atomic E-state index is 13.8. The number of carbonyl (C=O) groups excluding carboxylic acids is 3. The number of likely N-dealkylation sites (tertiary alicyclic amines) is 1. The van der Waals surface area contributed by atoms with Gasteiger partial charge in [0.15, 0.2) is 0 Å². The molecule has 4 amide bonds. The lowest BCUT2D eigenvalue weighted by molar-refractivity contribution is -0.138. The van der Waals surface area contributed by atoms with Crippen molar-refractivity contribution in [2.24, 2.45) is 0 Å². The van der Waals surface area contributed by atoms with Crippen LogP contribution in [0.15, 0.2) is 24.3 Å². The monoisotopic (exact) mass is 348 g/mol. The molecule has 25 heavy (non-hydrogen) atoms. The first-order chi connectivity index (χ1) is 12.1. The lowest BCUT2D eigenvalue weighted by Crippen LogP contribution is -2.52. The summed E-state index contributed by atoms with van der Waals surface area (Å²) in [5.41, 5.74) is 0.550. The summed E-state index contributed by atoms with van der Waals surface area (Å²) < 4.78 is 13.8. The zero-order chi connectivity index (χ0) is 17.8. The van der Waals surface area contributed by atoms with Gasteiger partial charge in [-0.05, 0) is 12.1 Å². The Balaban J connectivity index is 1.43. The van der Waals surface area contributed by atoms with Crippen molar-refractivity contribution < 1.29 is 18.8 Å². The van der Waals surface area contributed by atoms with E-state index in [1.54, 1.807) is 23.1 Å². The van der Waals surface area contributed by atoms with Gasteiger partial charge in [0.05, 0.1) is 5.69 Å². The lowest BCUT2D eigenvalue weighted by Gasteiger charge is -2.36. The van der Waals surface area contributed by atoms with Crippen LogP contribution in [0.4, 0.5) is 14.9 Å².